The van der Waals surface area contributed by atoms with Gasteiger partial charge in [0, 0.05) is 16.1 Å². The number of aromatic nitrogens is 2. The summed E-state index contributed by atoms with van der Waals surface area (Å²) in [5.74, 6) is -0.00105. The number of nitrogens with zero attached hydrogens (tertiary/aromatic N) is 4. The minimum Gasteiger partial charge on any atom is -0.290 e. The number of anilines is 1. The molecule has 10 heteroatoms. The van der Waals surface area contributed by atoms with Crippen LogP contribution in [0.5, 0.6) is 0 Å². The first kappa shape index (κ1) is 18.9. The first-order valence-electron chi connectivity index (χ1n) is 7.82. The van der Waals surface area contributed by atoms with Crippen LogP contribution in [0.25, 0.3) is 11.3 Å². The Bertz CT molecular complexity index is 1170. The van der Waals surface area contributed by atoms with Crippen molar-refractivity contribution < 1.29 is 4.92 Å². The molecular formula is C18H11BrN6O3. The summed E-state index contributed by atoms with van der Waals surface area (Å²) in [4.78, 5) is 29.4. The summed E-state index contributed by atoms with van der Waals surface area (Å²) in [6.45, 7) is 0. The molecule has 0 fully saturated rings. The number of nitrogens with one attached hydrogen (secondary N) is 2. The first-order chi connectivity index (χ1) is 13.5. The molecule has 0 spiro atoms. The molecule has 3 rings (SSSR count). The Labute approximate surface area is 166 Å². The van der Waals surface area contributed by atoms with Crippen molar-refractivity contribution in [3.05, 3.63) is 84.6 Å². The van der Waals surface area contributed by atoms with Gasteiger partial charge in [0.15, 0.2) is 0 Å². The number of rotatable bonds is 5. The molecular weight excluding hydrogens is 428 g/mol. The Kier molecular flexibility index (Phi) is 5.57. The fourth-order valence-corrected chi connectivity index (χ4v) is 2.73. The van der Waals surface area contributed by atoms with E-state index in [9.17, 15) is 20.2 Å². The number of benzene rings is 2. The molecule has 1 heterocycles. The quantitative estimate of drug-likeness (QED) is 0.355. The van der Waals surface area contributed by atoms with Gasteiger partial charge >= 0.3 is 0 Å². The third-order valence-electron chi connectivity index (χ3n) is 3.64. The molecule has 0 amide bonds. The summed E-state index contributed by atoms with van der Waals surface area (Å²) in [5.41, 5.74) is 2.73. The van der Waals surface area contributed by atoms with Crippen molar-refractivity contribution in [2.75, 3.05) is 5.43 Å². The molecule has 1 aromatic heterocycles. The lowest BCUT2D eigenvalue weighted by molar-refractivity contribution is -0.385. The molecule has 0 radical (unpaired) electrons. The molecule has 0 saturated carbocycles. The van der Waals surface area contributed by atoms with Crippen molar-refractivity contribution in [1.82, 2.24) is 9.97 Å². The smallest absolute Gasteiger partial charge is 0.279 e. The highest BCUT2D eigenvalue weighted by molar-refractivity contribution is 9.10. The first-order valence-corrected chi connectivity index (χ1v) is 8.61. The highest BCUT2D eigenvalue weighted by atomic mass is 79.9. The average Bonchev–Trinajstić information content (AvgIpc) is 2.69. The number of H-pyrrole nitrogens is 1. The van der Waals surface area contributed by atoms with Crippen LogP contribution in [0.3, 0.4) is 0 Å². The lowest BCUT2D eigenvalue weighted by atomic mass is 10.1. The van der Waals surface area contributed by atoms with Gasteiger partial charge in [-0.1, -0.05) is 46.3 Å². The van der Waals surface area contributed by atoms with Crippen LogP contribution in [0.2, 0.25) is 0 Å². The van der Waals surface area contributed by atoms with Crippen LogP contribution in [-0.2, 0) is 0 Å². The lowest BCUT2D eigenvalue weighted by Crippen LogP contribution is -2.16. The van der Waals surface area contributed by atoms with Gasteiger partial charge < -0.3 is 0 Å². The van der Waals surface area contributed by atoms with Gasteiger partial charge in [-0.05, 0) is 12.1 Å². The lowest BCUT2D eigenvalue weighted by Gasteiger charge is -2.06. The molecule has 2 aromatic carbocycles. The molecule has 0 atom stereocenters. The summed E-state index contributed by atoms with van der Waals surface area (Å²) in [5, 5.41) is 24.3. The average molecular weight is 439 g/mol. The van der Waals surface area contributed by atoms with Crippen LogP contribution in [0.1, 0.15) is 11.1 Å². The zero-order chi connectivity index (χ0) is 20.1. The second-order valence-electron chi connectivity index (χ2n) is 5.45. The summed E-state index contributed by atoms with van der Waals surface area (Å²) in [7, 11) is 0. The molecule has 2 N–H and O–H groups in total. The summed E-state index contributed by atoms with van der Waals surface area (Å²) in [6, 6.07) is 15.1. The standard InChI is InChI=1S/C18H11BrN6O3/c19-13-7-6-12(15(8-13)25(27)28)10-21-24-18-22-16(11-4-2-1-3-5-11)14(9-20)17(26)23-18/h1-8,10H,(H2,22,23,24,26). The number of aromatic amines is 1. The van der Waals surface area contributed by atoms with E-state index in [0.29, 0.717) is 10.0 Å². The van der Waals surface area contributed by atoms with E-state index in [1.807, 2.05) is 6.07 Å². The minimum atomic E-state index is -0.622. The van der Waals surface area contributed by atoms with Crippen LogP contribution in [-0.4, -0.2) is 21.1 Å². The fourth-order valence-electron chi connectivity index (χ4n) is 2.38. The second-order valence-corrected chi connectivity index (χ2v) is 6.36. The van der Waals surface area contributed by atoms with Crippen molar-refractivity contribution in [1.29, 1.82) is 5.26 Å². The molecule has 0 unspecified atom stereocenters. The van der Waals surface area contributed by atoms with Crippen LogP contribution in [0.15, 0.2) is 62.9 Å². The van der Waals surface area contributed by atoms with E-state index in [1.165, 1.54) is 18.3 Å². The highest BCUT2D eigenvalue weighted by Gasteiger charge is 2.14. The number of halogens is 1. The number of nitriles is 1. The Morgan fingerprint density at radius 3 is 2.71 bits per heavy atom. The van der Waals surface area contributed by atoms with Crippen LogP contribution >= 0.6 is 15.9 Å². The van der Waals surface area contributed by atoms with E-state index in [2.05, 4.69) is 36.4 Å². The zero-order valence-electron chi connectivity index (χ0n) is 14.1. The number of hydrazone groups is 1. The Morgan fingerprint density at radius 2 is 2.04 bits per heavy atom. The van der Waals surface area contributed by atoms with E-state index < -0.39 is 10.5 Å². The van der Waals surface area contributed by atoms with Gasteiger partial charge in [-0.2, -0.15) is 10.4 Å². The molecule has 28 heavy (non-hydrogen) atoms. The van der Waals surface area contributed by atoms with E-state index in [1.54, 1.807) is 36.4 Å². The Hall–Kier alpha value is -3.84. The van der Waals surface area contributed by atoms with Crippen molar-refractivity contribution in [2.24, 2.45) is 5.10 Å². The molecule has 0 aliphatic heterocycles. The molecule has 0 aliphatic carbocycles. The van der Waals surface area contributed by atoms with Gasteiger partial charge in [0.1, 0.15) is 11.6 Å². The molecule has 0 aliphatic rings. The van der Waals surface area contributed by atoms with Gasteiger partial charge in [0.05, 0.1) is 22.4 Å². The molecule has 138 valence electrons. The molecule has 0 bridgehead atoms. The highest BCUT2D eigenvalue weighted by Crippen LogP contribution is 2.22. The predicted molar refractivity (Wildman–Crippen MR) is 107 cm³/mol. The maximum atomic E-state index is 12.2. The monoisotopic (exact) mass is 438 g/mol. The third-order valence-corrected chi connectivity index (χ3v) is 4.13. The molecule has 3 aromatic rings. The number of nitro benzene ring substituents is 1. The van der Waals surface area contributed by atoms with Crippen molar-refractivity contribution in [2.45, 2.75) is 0 Å². The van der Waals surface area contributed by atoms with Crippen molar-refractivity contribution in [3.63, 3.8) is 0 Å². The van der Waals surface area contributed by atoms with Crippen LogP contribution < -0.4 is 11.0 Å². The third kappa shape index (κ3) is 4.11. The van der Waals surface area contributed by atoms with Gasteiger partial charge in [0.25, 0.3) is 11.2 Å². The molecule has 9 nitrogen and oxygen atoms in total. The minimum absolute atomic E-state index is 0.00105. The van der Waals surface area contributed by atoms with Gasteiger partial charge in [-0.3, -0.25) is 19.9 Å². The van der Waals surface area contributed by atoms with Gasteiger partial charge in [-0.15, -0.1) is 0 Å². The Balaban J connectivity index is 1.93. The molecule has 0 saturated heterocycles. The van der Waals surface area contributed by atoms with E-state index in [4.69, 9.17) is 0 Å². The largest absolute Gasteiger partial charge is 0.290 e. The van der Waals surface area contributed by atoms with Gasteiger partial charge in [0.2, 0.25) is 5.95 Å². The van der Waals surface area contributed by atoms with E-state index in [0.717, 1.165) is 0 Å². The summed E-state index contributed by atoms with van der Waals surface area (Å²) < 4.78 is 0.565. The SMILES string of the molecule is N#Cc1c(-c2ccccc2)nc(NN=Cc2ccc(Br)cc2[N+](=O)[O-])[nH]c1=O. The number of hydrogen-bond acceptors (Lipinski definition) is 7. The van der Waals surface area contributed by atoms with Crippen LogP contribution in [0, 0.1) is 21.4 Å². The Morgan fingerprint density at radius 1 is 1.29 bits per heavy atom. The van der Waals surface area contributed by atoms with Gasteiger partial charge in [-0.25, -0.2) is 10.4 Å². The summed E-state index contributed by atoms with van der Waals surface area (Å²) >= 11 is 3.18. The maximum absolute atomic E-state index is 12.2. The van der Waals surface area contributed by atoms with E-state index >= 15 is 0 Å². The topological polar surface area (TPSA) is 137 Å². The van der Waals surface area contributed by atoms with Crippen molar-refractivity contribution >= 4 is 33.8 Å². The normalized spacial score (nSPS) is 10.6. The van der Waals surface area contributed by atoms with E-state index in [-0.39, 0.29) is 28.5 Å². The number of hydrogen-bond donors (Lipinski definition) is 2. The van der Waals surface area contributed by atoms with Crippen molar-refractivity contribution in [3.8, 4) is 17.3 Å². The zero-order valence-corrected chi connectivity index (χ0v) is 15.7. The fraction of sp³-hybridized carbons (Fsp3) is 0. The number of nitro groups is 1. The predicted octanol–water partition coefficient (Wildman–Crippen LogP) is 3.43. The summed E-state index contributed by atoms with van der Waals surface area (Å²) in [6.07, 6.45) is 1.24. The second kappa shape index (κ2) is 8.24. The maximum Gasteiger partial charge on any atom is 0.279 e. The van der Waals surface area contributed by atoms with Crippen LogP contribution in [0.4, 0.5) is 11.6 Å².